The van der Waals surface area contributed by atoms with Crippen molar-refractivity contribution < 1.29 is 14.3 Å². The van der Waals surface area contributed by atoms with Crippen LogP contribution in [0, 0.1) is 6.92 Å². The molecule has 1 aliphatic carbocycles. The molecule has 8 heteroatoms. The SMILES string of the molecule is COc1cc2c(cc1OC)C(c1ccccc1)N(C(=O)CSc1nnc(C)n1C1CCCCC1)CC2. The molecule has 1 aromatic heterocycles. The van der Waals surface area contributed by atoms with E-state index >= 15 is 0 Å². The molecule has 2 aliphatic rings. The van der Waals surface area contributed by atoms with Gasteiger partial charge in [0.2, 0.25) is 5.91 Å². The second-order valence-electron chi connectivity index (χ2n) is 9.54. The standard InChI is InChI=1S/C28H34N4O3S/c1-19-29-30-28(32(19)22-12-8-5-9-13-22)36-18-26(33)31-15-14-21-16-24(34-2)25(35-3)17-23(21)27(31)20-10-6-4-7-11-20/h4,6-7,10-11,16-17,22,27H,5,8-9,12-15,18H2,1-3H3. The second-order valence-corrected chi connectivity index (χ2v) is 10.5. The summed E-state index contributed by atoms with van der Waals surface area (Å²) in [5, 5.41) is 9.64. The number of fused-ring (bicyclic) bond motifs is 1. The largest absolute Gasteiger partial charge is 0.493 e. The molecule has 0 bridgehead atoms. The molecule has 0 spiro atoms. The van der Waals surface area contributed by atoms with E-state index in [1.165, 1.54) is 36.6 Å². The summed E-state index contributed by atoms with van der Waals surface area (Å²) in [6.07, 6.45) is 6.87. The lowest BCUT2D eigenvalue weighted by Gasteiger charge is -2.38. The molecule has 190 valence electrons. The molecule has 1 amide bonds. The lowest BCUT2D eigenvalue weighted by Crippen LogP contribution is -2.41. The van der Waals surface area contributed by atoms with Gasteiger partial charge < -0.3 is 18.9 Å². The van der Waals surface area contributed by atoms with E-state index in [4.69, 9.17) is 9.47 Å². The van der Waals surface area contributed by atoms with Gasteiger partial charge in [0.25, 0.3) is 0 Å². The van der Waals surface area contributed by atoms with E-state index in [2.05, 4.69) is 33.0 Å². The number of nitrogens with zero attached hydrogens (tertiary/aromatic N) is 4. The van der Waals surface area contributed by atoms with Gasteiger partial charge in [-0.05, 0) is 55.0 Å². The molecule has 7 nitrogen and oxygen atoms in total. The van der Waals surface area contributed by atoms with Crippen LogP contribution in [0.3, 0.4) is 0 Å². The van der Waals surface area contributed by atoms with Gasteiger partial charge in [-0.15, -0.1) is 10.2 Å². The fourth-order valence-corrected chi connectivity index (χ4v) is 6.56. The van der Waals surface area contributed by atoms with Crippen LogP contribution in [0.1, 0.15) is 66.7 Å². The number of carbonyl (C=O) groups excluding carboxylic acids is 1. The zero-order valence-electron chi connectivity index (χ0n) is 21.3. The molecular weight excluding hydrogens is 472 g/mol. The van der Waals surface area contributed by atoms with Crippen LogP contribution >= 0.6 is 11.8 Å². The number of hydrogen-bond acceptors (Lipinski definition) is 6. The van der Waals surface area contributed by atoms with E-state index in [0.29, 0.717) is 24.1 Å². The Hall–Kier alpha value is -3.00. The Morgan fingerprint density at radius 2 is 1.75 bits per heavy atom. The third-order valence-electron chi connectivity index (χ3n) is 7.41. The number of ether oxygens (including phenoxy) is 2. The summed E-state index contributed by atoms with van der Waals surface area (Å²) in [6, 6.07) is 14.6. The minimum Gasteiger partial charge on any atom is -0.493 e. The molecule has 1 unspecified atom stereocenters. The fourth-order valence-electron chi connectivity index (χ4n) is 5.63. The summed E-state index contributed by atoms with van der Waals surface area (Å²) < 4.78 is 13.4. The van der Waals surface area contributed by atoms with E-state index in [0.717, 1.165) is 47.1 Å². The van der Waals surface area contributed by atoms with Gasteiger partial charge >= 0.3 is 0 Å². The summed E-state index contributed by atoms with van der Waals surface area (Å²) in [5.74, 6) is 2.77. The highest BCUT2D eigenvalue weighted by Crippen LogP contribution is 2.41. The predicted molar refractivity (Wildman–Crippen MR) is 141 cm³/mol. The van der Waals surface area contributed by atoms with Crippen LogP contribution in [0.15, 0.2) is 47.6 Å². The fraction of sp³-hybridized carbons (Fsp3) is 0.464. The van der Waals surface area contributed by atoms with Crippen molar-refractivity contribution in [3.8, 4) is 11.5 Å². The van der Waals surface area contributed by atoms with Crippen molar-refractivity contribution in [1.29, 1.82) is 0 Å². The Kier molecular flexibility index (Phi) is 7.51. The molecule has 36 heavy (non-hydrogen) atoms. The van der Waals surface area contributed by atoms with Crippen molar-refractivity contribution in [2.45, 2.75) is 62.7 Å². The first kappa shape index (κ1) is 24.7. The van der Waals surface area contributed by atoms with Crippen LogP contribution in [0.5, 0.6) is 11.5 Å². The first-order chi connectivity index (χ1) is 17.6. The smallest absolute Gasteiger partial charge is 0.233 e. The molecule has 3 aromatic rings. The number of aromatic nitrogens is 3. The van der Waals surface area contributed by atoms with Gasteiger partial charge in [0.05, 0.1) is 26.0 Å². The van der Waals surface area contributed by atoms with Gasteiger partial charge in [-0.1, -0.05) is 61.4 Å². The van der Waals surface area contributed by atoms with Crippen molar-refractivity contribution in [1.82, 2.24) is 19.7 Å². The first-order valence-corrected chi connectivity index (χ1v) is 13.7. The lowest BCUT2D eigenvalue weighted by molar-refractivity contribution is -0.130. The van der Waals surface area contributed by atoms with Gasteiger partial charge in [0.15, 0.2) is 16.7 Å². The van der Waals surface area contributed by atoms with Crippen molar-refractivity contribution in [3.63, 3.8) is 0 Å². The van der Waals surface area contributed by atoms with Gasteiger partial charge in [-0.25, -0.2) is 0 Å². The summed E-state index contributed by atoms with van der Waals surface area (Å²) in [5.41, 5.74) is 3.36. The average Bonchev–Trinajstić information content (AvgIpc) is 3.31. The molecule has 0 N–H and O–H groups in total. The van der Waals surface area contributed by atoms with Crippen LogP contribution in [-0.4, -0.2) is 52.1 Å². The Bertz CT molecular complexity index is 1210. The summed E-state index contributed by atoms with van der Waals surface area (Å²) in [4.78, 5) is 15.7. The number of amides is 1. The van der Waals surface area contributed by atoms with Gasteiger partial charge in [-0.2, -0.15) is 0 Å². The van der Waals surface area contributed by atoms with Gasteiger partial charge in [0.1, 0.15) is 5.82 Å². The monoisotopic (exact) mass is 506 g/mol. The number of rotatable bonds is 7. The normalized spacial score (nSPS) is 18.1. The summed E-state index contributed by atoms with van der Waals surface area (Å²) >= 11 is 1.51. The molecule has 0 saturated heterocycles. The highest BCUT2D eigenvalue weighted by atomic mass is 32.2. The van der Waals surface area contributed by atoms with Crippen molar-refractivity contribution >= 4 is 17.7 Å². The molecule has 0 radical (unpaired) electrons. The van der Waals surface area contributed by atoms with Crippen molar-refractivity contribution in [2.24, 2.45) is 0 Å². The van der Waals surface area contributed by atoms with E-state index in [-0.39, 0.29) is 11.9 Å². The molecule has 2 heterocycles. The predicted octanol–water partition coefficient (Wildman–Crippen LogP) is 5.38. The van der Waals surface area contributed by atoms with E-state index < -0.39 is 0 Å². The second kappa shape index (κ2) is 10.9. The van der Waals surface area contributed by atoms with Gasteiger partial charge in [0, 0.05) is 12.6 Å². The lowest BCUT2D eigenvalue weighted by atomic mass is 9.87. The number of carbonyl (C=O) groups is 1. The number of hydrogen-bond donors (Lipinski definition) is 0. The summed E-state index contributed by atoms with van der Waals surface area (Å²) in [7, 11) is 3.30. The van der Waals surface area contributed by atoms with Crippen LogP contribution in [-0.2, 0) is 11.2 Å². The molecule has 1 aliphatic heterocycles. The zero-order valence-corrected chi connectivity index (χ0v) is 22.1. The van der Waals surface area contributed by atoms with Crippen LogP contribution in [0.4, 0.5) is 0 Å². The van der Waals surface area contributed by atoms with Crippen LogP contribution in [0.25, 0.3) is 0 Å². The molecule has 5 rings (SSSR count). The Morgan fingerprint density at radius 3 is 2.47 bits per heavy atom. The van der Waals surface area contributed by atoms with Crippen LogP contribution in [0.2, 0.25) is 0 Å². The van der Waals surface area contributed by atoms with E-state index in [9.17, 15) is 4.79 Å². The molecule has 1 atom stereocenters. The third kappa shape index (κ3) is 4.83. The number of aryl methyl sites for hydroxylation is 1. The Labute approximate surface area is 217 Å². The summed E-state index contributed by atoms with van der Waals surface area (Å²) in [6.45, 7) is 2.66. The highest BCUT2D eigenvalue weighted by Gasteiger charge is 2.33. The third-order valence-corrected chi connectivity index (χ3v) is 8.34. The van der Waals surface area contributed by atoms with Crippen LogP contribution < -0.4 is 9.47 Å². The maximum atomic E-state index is 13.7. The highest BCUT2D eigenvalue weighted by molar-refractivity contribution is 7.99. The maximum absolute atomic E-state index is 13.7. The van der Waals surface area contributed by atoms with Crippen molar-refractivity contribution in [3.05, 3.63) is 65.0 Å². The Balaban J connectivity index is 1.41. The molecule has 2 aromatic carbocycles. The minimum atomic E-state index is -0.180. The zero-order chi connectivity index (χ0) is 25.1. The van der Waals surface area contributed by atoms with E-state index in [1.54, 1.807) is 14.2 Å². The topological polar surface area (TPSA) is 69.5 Å². The van der Waals surface area contributed by atoms with Crippen molar-refractivity contribution in [2.75, 3.05) is 26.5 Å². The molecular formula is C28H34N4O3S. The molecule has 1 saturated carbocycles. The number of methoxy groups -OCH3 is 2. The number of benzene rings is 2. The molecule has 1 fully saturated rings. The minimum absolute atomic E-state index is 0.102. The van der Waals surface area contributed by atoms with Gasteiger partial charge in [-0.3, -0.25) is 4.79 Å². The maximum Gasteiger partial charge on any atom is 0.233 e. The number of thioether (sulfide) groups is 1. The van der Waals surface area contributed by atoms with E-state index in [1.807, 2.05) is 36.1 Å². The Morgan fingerprint density at radius 1 is 1.03 bits per heavy atom. The quantitative estimate of drug-likeness (QED) is 0.401. The first-order valence-electron chi connectivity index (χ1n) is 12.7. The average molecular weight is 507 g/mol.